The van der Waals surface area contributed by atoms with E-state index in [1.54, 1.807) is 6.07 Å². The normalized spacial score (nSPS) is 18.6. The molecule has 0 radical (unpaired) electrons. The number of Topliss-reactive ketones (excluding diaryl/α,β-unsaturated/α-hetero) is 1. The van der Waals surface area contributed by atoms with E-state index in [1.165, 1.54) is 0 Å². The van der Waals surface area contributed by atoms with Crippen molar-refractivity contribution >= 4 is 17.7 Å². The lowest BCUT2D eigenvalue weighted by molar-refractivity contribution is -0.117. The Morgan fingerprint density at radius 1 is 1.43 bits per heavy atom. The number of rotatable bonds is 3. The van der Waals surface area contributed by atoms with Gasteiger partial charge in [-0.25, -0.2) is 9.78 Å². The van der Waals surface area contributed by atoms with Crippen LogP contribution in [0.5, 0.6) is 0 Å². The molecular formula is C16H22N2O3. The summed E-state index contributed by atoms with van der Waals surface area (Å²) in [6.45, 7) is 5.44. The molecule has 1 aliphatic carbocycles. The van der Waals surface area contributed by atoms with Gasteiger partial charge < -0.3 is 4.74 Å². The molecule has 2 rings (SSSR count). The van der Waals surface area contributed by atoms with Crippen molar-refractivity contribution in [3.05, 3.63) is 23.9 Å². The van der Waals surface area contributed by atoms with E-state index in [0.717, 1.165) is 18.5 Å². The molecule has 1 fully saturated rings. The predicted molar refractivity (Wildman–Crippen MR) is 80.1 cm³/mol. The van der Waals surface area contributed by atoms with Gasteiger partial charge in [0.1, 0.15) is 17.2 Å². The number of nitrogens with zero attached hydrogens (tertiary/aromatic N) is 1. The highest BCUT2D eigenvalue weighted by molar-refractivity contribution is 5.83. The van der Waals surface area contributed by atoms with Crippen molar-refractivity contribution < 1.29 is 14.3 Å². The summed E-state index contributed by atoms with van der Waals surface area (Å²) in [5.74, 6) is 1.19. The number of aromatic nitrogens is 1. The van der Waals surface area contributed by atoms with E-state index in [2.05, 4.69) is 10.3 Å². The summed E-state index contributed by atoms with van der Waals surface area (Å²) in [6.07, 6.45) is 2.52. The number of ketones is 1. The molecule has 5 nitrogen and oxygen atoms in total. The molecule has 0 spiro atoms. The molecule has 5 heteroatoms. The van der Waals surface area contributed by atoms with Crippen LogP contribution in [0.1, 0.15) is 45.7 Å². The van der Waals surface area contributed by atoms with Gasteiger partial charge in [-0.2, -0.15) is 0 Å². The quantitative estimate of drug-likeness (QED) is 0.927. The van der Waals surface area contributed by atoms with Crippen molar-refractivity contribution in [3.63, 3.8) is 0 Å². The molecule has 1 amide bonds. The zero-order chi connectivity index (χ0) is 15.5. The lowest BCUT2D eigenvalue weighted by Gasteiger charge is -2.19. The zero-order valence-corrected chi connectivity index (χ0v) is 12.8. The van der Waals surface area contributed by atoms with Gasteiger partial charge in [0.2, 0.25) is 0 Å². The van der Waals surface area contributed by atoms with Crippen molar-refractivity contribution in [1.29, 1.82) is 0 Å². The first kappa shape index (κ1) is 15.5. The predicted octanol–water partition coefficient (Wildman–Crippen LogP) is 3.34. The monoisotopic (exact) mass is 290 g/mol. The van der Waals surface area contributed by atoms with Crippen molar-refractivity contribution in [2.24, 2.45) is 5.92 Å². The van der Waals surface area contributed by atoms with E-state index in [1.807, 2.05) is 32.9 Å². The van der Waals surface area contributed by atoms with Crippen LogP contribution in [0, 0.1) is 5.92 Å². The summed E-state index contributed by atoms with van der Waals surface area (Å²) in [6, 6.07) is 5.50. The first-order chi connectivity index (χ1) is 9.82. The van der Waals surface area contributed by atoms with Gasteiger partial charge in [0.15, 0.2) is 0 Å². The molecule has 1 aliphatic rings. The van der Waals surface area contributed by atoms with Gasteiger partial charge in [-0.05, 0) is 51.7 Å². The van der Waals surface area contributed by atoms with Gasteiger partial charge >= 0.3 is 6.09 Å². The van der Waals surface area contributed by atoms with E-state index in [-0.39, 0.29) is 0 Å². The van der Waals surface area contributed by atoms with Gasteiger partial charge in [-0.15, -0.1) is 0 Å². The molecule has 0 aliphatic heterocycles. The van der Waals surface area contributed by atoms with E-state index in [4.69, 9.17) is 4.74 Å². The number of hydrogen-bond acceptors (Lipinski definition) is 4. The second kappa shape index (κ2) is 6.24. The summed E-state index contributed by atoms with van der Waals surface area (Å²) < 4.78 is 5.19. The Bertz CT molecular complexity index is 535. The van der Waals surface area contributed by atoms with Crippen LogP contribution in [0.3, 0.4) is 0 Å². The summed E-state index contributed by atoms with van der Waals surface area (Å²) in [5, 5.41) is 2.63. The minimum atomic E-state index is -0.536. The van der Waals surface area contributed by atoms with E-state index in [0.29, 0.717) is 30.4 Å². The van der Waals surface area contributed by atoms with Crippen molar-refractivity contribution in [3.8, 4) is 0 Å². The number of hydrogen-bond donors (Lipinski definition) is 1. The third-order valence-electron chi connectivity index (χ3n) is 3.28. The number of pyridine rings is 1. The molecular weight excluding hydrogens is 268 g/mol. The Morgan fingerprint density at radius 2 is 2.19 bits per heavy atom. The first-order valence-corrected chi connectivity index (χ1v) is 7.29. The summed E-state index contributed by atoms with van der Waals surface area (Å²) in [4.78, 5) is 27.4. The molecule has 1 aromatic rings. The number of carbonyl (C=O) groups excluding carboxylic acids is 2. The van der Waals surface area contributed by atoms with Crippen LogP contribution < -0.4 is 5.32 Å². The fourth-order valence-corrected chi connectivity index (χ4v) is 2.43. The number of nitrogens with one attached hydrogen (secondary N) is 1. The van der Waals surface area contributed by atoms with Crippen LogP contribution in [-0.2, 0) is 16.0 Å². The summed E-state index contributed by atoms with van der Waals surface area (Å²) in [7, 11) is 0. The second-order valence-corrected chi connectivity index (χ2v) is 6.49. The van der Waals surface area contributed by atoms with Crippen LogP contribution in [-0.4, -0.2) is 22.5 Å². The Kier molecular flexibility index (Phi) is 4.60. The molecule has 1 aromatic heterocycles. The topological polar surface area (TPSA) is 68.3 Å². The highest BCUT2D eigenvalue weighted by Gasteiger charge is 2.22. The molecule has 1 heterocycles. The molecule has 0 bridgehead atoms. The molecule has 21 heavy (non-hydrogen) atoms. The molecule has 0 aromatic carbocycles. The Hall–Kier alpha value is -1.91. The molecule has 114 valence electrons. The minimum Gasteiger partial charge on any atom is -0.444 e. The molecule has 0 saturated heterocycles. The van der Waals surface area contributed by atoms with E-state index < -0.39 is 11.7 Å². The van der Waals surface area contributed by atoms with Gasteiger partial charge in [-0.1, -0.05) is 6.07 Å². The average molecular weight is 290 g/mol. The van der Waals surface area contributed by atoms with Crippen LogP contribution in [0.25, 0.3) is 0 Å². The maximum atomic E-state index is 11.7. The van der Waals surface area contributed by atoms with Gasteiger partial charge in [0.05, 0.1) is 0 Å². The fraction of sp³-hybridized carbons (Fsp3) is 0.562. The van der Waals surface area contributed by atoms with Gasteiger partial charge in [-0.3, -0.25) is 10.1 Å². The van der Waals surface area contributed by atoms with Crippen LogP contribution >= 0.6 is 0 Å². The van der Waals surface area contributed by atoms with Crippen LogP contribution in [0.4, 0.5) is 10.6 Å². The highest BCUT2D eigenvalue weighted by Crippen LogP contribution is 2.25. The number of amides is 1. The minimum absolute atomic E-state index is 0.336. The second-order valence-electron chi connectivity index (χ2n) is 6.49. The van der Waals surface area contributed by atoms with Gasteiger partial charge in [0, 0.05) is 18.5 Å². The zero-order valence-electron chi connectivity index (χ0n) is 12.8. The third-order valence-corrected chi connectivity index (χ3v) is 3.28. The first-order valence-electron chi connectivity index (χ1n) is 7.29. The SMILES string of the molecule is CC(C)(C)OC(=O)Nc1cccc(CC2CCC(=O)C2)n1. The molecule has 1 N–H and O–H groups in total. The summed E-state index contributed by atoms with van der Waals surface area (Å²) in [5.41, 5.74) is 0.356. The van der Waals surface area contributed by atoms with E-state index in [9.17, 15) is 9.59 Å². The lowest BCUT2D eigenvalue weighted by Crippen LogP contribution is -2.27. The Morgan fingerprint density at radius 3 is 2.81 bits per heavy atom. The maximum absolute atomic E-state index is 11.7. The molecule has 1 saturated carbocycles. The van der Waals surface area contributed by atoms with Crippen LogP contribution in [0.2, 0.25) is 0 Å². The Balaban J connectivity index is 1.94. The van der Waals surface area contributed by atoms with Crippen molar-refractivity contribution in [2.75, 3.05) is 5.32 Å². The largest absolute Gasteiger partial charge is 0.444 e. The van der Waals surface area contributed by atoms with Gasteiger partial charge in [0.25, 0.3) is 0 Å². The maximum Gasteiger partial charge on any atom is 0.413 e. The smallest absolute Gasteiger partial charge is 0.413 e. The van der Waals surface area contributed by atoms with Crippen LogP contribution in [0.15, 0.2) is 18.2 Å². The third kappa shape index (κ3) is 5.17. The summed E-state index contributed by atoms with van der Waals surface area (Å²) >= 11 is 0. The number of carbonyl (C=O) groups is 2. The molecule has 1 atom stereocenters. The Labute approximate surface area is 125 Å². The van der Waals surface area contributed by atoms with Crippen molar-refractivity contribution in [1.82, 2.24) is 4.98 Å². The number of anilines is 1. The molecule has 1 unspecified atom stereocenters. The fourth-order valence-electron chi connectivity index (χ4n) is 2.43. The number of ether oxygens (including phenoxy) is 1. The highest BCUT2D eigenvalue weighted by atomic mass is 16.6. The standard InChI is InChI=1S/C16H22N2O3/c1-16(2,3)21-15(20)18-14-6-4-5-12(17-14)9-11-7-8-13(19)10-11/h4-6,11H,7-10H2,1-3H3,(H,17,18,20). The van der Waals surface area contributed by atoms with Crippen molar-refractivity contribution in [2.45, 2.75) is 52.1 Å². The lowest BCUT2D eigenvalue weighted by atomic mass is 10.0. The average Bonchev–Trinajstić information content (AvgIpc) is 2.72. The van der Waals surface area contributed by atoms with E-state index >= 15 is 0 Å².